The fourth-order valence-corrected chi connectivity index (χ4v) is 4.90. The molecule has 9 heteroatoms. The molecule has 5 rings (SSSR count). The number of carbonyl (C=O) groups excluding carboxylic acids is 1. The number of amides is 1. The lowest BCUT2D eigenvalue weighted by Gasteiger charge is -2.32. The van der Waals surface area contributed by atoms with Crippen molar-refractivity contribution in [1.82, 2.24) is 24.8 Å². The molecular formula is C26H30N6O3. The van der Waals surface area contributed by atoms with Gasteiger partial charge in [-0.05, 0) is 62.1 Å². The number of piperidine rings is 1. The maximum atomic E-state index is 13.2. The summed E-state index contributed by atoms with van der Waals surface area (Å²) >= 11 is 0. The van der Waals surface area contributed by atoms with Crippen LogP contribution in [0.5, 0.6) is 5.75 Å². The monoisotopic (exact) mass is 474 g/mol. The minimum atomic E-state index is -0.187. The van der Waals surface area contributed by atoms with Crippen LogP contribution in [0.3, 0.4) is 0 Å². The Morgan fingerprint density at radius 2 is 2.20 bits per heavy atom. The van der Waals surface area contributed by atoms with Gasteiger partial charge in [-0.3, -0.25) is 14.2 Å². The number of aromatic amines is 1. The number of carbonyl (C=O) groups is 1. The quantitative estimate of drug-likeness (QED) is 0.427. The van der Waals surface area contributed by atoms with Gasteiger partial charge >= 0.3 is 0 Å². The number of fused-ring (bicyclic) bond motifs is 2. The van der Waals surface area contributed by atoms with E-state index in [1.807, 2.05) is 48.4 Å². The van der Waals surface area contributed by atoms with Crippen LogP contribution in [0.15, 0.2) is 47.5 Å². The summed E-state index contributed by atoms with van der Waals surface area (Å²) in [5.41, 5.74) is 3.30. The minimum absolute atomic E-state index is 0.0189. The van der Waals surface area contributed by atoms with E-state index >= 15 is 0 Å². The summed E-state index contributed by atoms with van der Waals surface area (Å²) in [6, 6.07) is 9.62. The molecule has 0 radical (unpaired) electrons. The van der Waals surface area contributed by atoms with Gasteiger partial charge in [-0.2, -0.15) is 0 Å². The highest BCUT2D eigenvalue weighted by Gasteiger charge is 2.28. The van der Waals surface area contributed by atoms with Crippen molar-refractivity contribution in [1.29, 1.82) is 0 Å². The van der Waals surface area contributed by atoms with Crippen LogP contribution >= 0.6 is 0 Å². The van der Waals surface area contributed by atoms with Crippen molar-refractivity contribution < 1.29 is 9.53 Å². The fourth-order valence-electron chi connectivity index (χ4n) is 4.90. The maximum absolute atomic E-state index is 13.2. The SMILES string of the molecule is CCn1c(=O)c(N2CCC[C@H](C(=O)NCCc3c[nH]c4ccc(OC)cc34)C2)nc2cccnc21. The lowest BCUT2D eigenvalue weighted by atomic mass is 9.97. The number of pyridine rings is 1. The normalized spacial score (nSPS) is 16.1. The molecule has 4 aromatic rings. The largest absolute Gasteiger partial charge is 0.497 e. The van der Waals surface area contributed by atoms with E-state index in [-0.39, 0.29) is 17.4 Å². The van der Waals surface area contributed by atoms with Gasteiger partial charge in [0, 0.05) is 49.5 Å². The highest BCUT2D eigenvalue weighted by atomic mass is 16.5. The molecule has 0 spiro atoms. The summed E-state index contributed by atoms with van der Waals surface area (Å²) in [6.45, 7) is 4.17. The number of rotatable bonds is 7. The van der Waals surface area contributed by atoms with Crippen molar-refractivity contribution in [2.24, 2.45) is 5.92 Å². The van der Waals surface area contributed by atoms with Gasteiger partial charge in [0.1, 0.15) is 11.3 Å². The zero-order chi connectivity index (χ0) is 24.4. The fraction of sp³-hybridized carbons (Fsp3) is 0.385. The van der Waals surface area contributed by atoms with E-state index in [0.717, 1.165) is 41.5 Å². The van der Waals surface area contributed by atoms with Crippen LogP contribution in [0.4, 0.5) is 5.82 Å². The van der Waals surface area contributed by atoms with Crippen LogP contribution in [0.1, 0.15) is 25.3 Å². The van der Waals surface area contributed by atoms with Crippen LogP contribution in [0, 0.1) is 5.92 Å². The number of hydrogen-bond donors (Lipinski definition) is 2. The van der Waals surface area contributed by atoms with Crippen molar-refractivity contribution >= 4 is 33.8 Å². The number of H-pyrrole nitrogens is 1. The van der Waals surface area contributed by atoms with E-state index in [1.165, 1.54) is 0 Å². The average molecular weight is 475 g/mol. The Morgan fingerprint density at radius 1 is 1.31 bits per heavy atom. The molecule has 182 valence electrons. The molecular weight excluding hydrogens is 444 g/mol. The number of methoxy groups -OCH3 is 1. The number of aromatic nitrogens is 4. The van der Waals surface area contributed by atoms with Crippen molar-refractivity contribution in [3.05, 3.63) is 58.6 Å². The zero-order valence-corrected chi connectivity index (χ0v) is 20.1. The summed E-state index contributed by atoms with van der Waals surface area (Å²) in [4.78, 5) is 40.4. The molecule has 1 atom stereocenters. The Hall–Kier alpha value is -3.88. The minimum Gasteiger partial charge on any atom is -0.497 e. The molecule has 1 fully saturated rings. The molecule has 3 aromatic heterocycles. The van der Waals surface area contributed by atoms with Gasteiger partial charge in [0.15, 0.2) is 11.5 Å². The Balaban J connectivity index is 1.26. The molecule has 4 heterocycles. The van der Waals surface area contributed by atoms with Gasteiger partial charge in [0.2, 0.25) is 5.91 Å². The van der Waals surface area contributed by atoms with Gasteiger partial charge in [-0.1, -0.05) is 0 Å². The van der Waals surface area contributed by atoms with Gasteiger partial charge in [0.05, 0.1) is 13.0 Å². The van der Waals surface area contributed by atoms with Crippen LogP contribution in [0.2, 0.25) is 0 Å². The van der Waals surface area contributed by atoms with Crippen LogP contribution in [-0.4, -0.2) is 52.2 Å². The molecule has 0 unspecified atom stereocenters. The zero-order valence-electron chi connectivity index (χ0n) is 20.1. The average Bonchev–Trinajstić information content (AvgIpc) is 3.30. The Labute approximate surface area is 203 Å². The third kappa shape index (κ3) is 4.45. The van der Waals surface area contributed by atoms with Gasteiger partial charge < -0.3 is 19.9 Å². The van der Waals surface area contributed by atoms with Crippen molar-refractivity contribution in [3.63, 3.8) is 0 Å². The topological polar surface area (TPSA) is 105 Å². The first-order valence-corrected chi connectivity index (χ1v) is 12.1. The highest BCUT2D eigenvalue weighted by Crippen LogP contribution is 2.24. The van der Waals surface area contributed by atoms with Gasteiger partial charge in [-0.25, -0.2) is 9.97 Å². The van der Waals surface area contributed by atoms with E-state index in [0.29, 0.717) is 43.2 Å². The lowest BCUT2D eigenvalue weighted by molar-refractivity contribution is -0.125. The molecule has 9 nitrogen and oxygen atoms in total. The Morgan fingerprint density at radius 3 is 3.03 bits per heavy atom. The number of nitrogens with zero attached hydrogens (tertiary/aromatic N) is 4. The summed E-state index contributed by atoms with van der Waals surface area (Å²) in [6.07, 6.45) is 6.00. The second-order valence-electron chi connectivity index (χ2n) is 8.88. The van der Waals surface area contributed by atoms with E-state index in [9.17, 15) is 9.59 Å². The Bertz CT molecular complexity index is 1430. The van der Waals surface area contributed by atoms with E-state index in [4.69, 9.17) is 4.74 Å². The maximum Gasteiger partial charge on any atom is 0.295 e. The standard InChI is InChI=1S/C26H30N6O3/c1-3-32-23-22(7-4-11-27-23)30-24(26(32)34)31-13-5-6-18(16-31)25(33)28-12-10-17-15-29-21-9-8-19(35-2)14-20(17)21/h4,7-9,11,14-15,18,29H,3,5-6,10,12-13,16H2,1-2H3,(H,28,33)/t18-/m0/s1. The van der Waals surface area contributed by atoms with Gasteiger partial charge in [0.25, 0.3) is 5.56 Å². The summed E-state index contributed by atoms with van der Waals surface area (Å²) < 4.78 is 6.99. The summed E-state index contributed by atoms with van der Waals surface area (Å²) in [7, 11) is 1.66. The number of nitrogens with one attached hydrogen (secondary N) is 2. The molecule has 1 aromatic carbocycles. The van der Waals surface area contributed by atoms with E-state index < -0.39 is 0 Å². The highest BCUT2D eigenvalue weighted by molar-refractivity contribution is 5.85. The molecule has 1 amide bonds. The molecule has 0 bridgehead atoms. The van der Waals surface area contributed by atoms with Crippen LogP contribution < -0.4 is 20.5 Å². The molecule has 35 heavy (non-hydrogen) atoms. The number of ether oxygens (including phenoxy) is 1. The van der Waals surface area contributed by atoms with E-state index in [2.05, 4.69) is 20.3 Å². The second-order valence-corrected chi connectivity index (χ2v) is 8.88. The first kappa shape index (κ1) is 22.9. The molecule has 1 aliphatic heterocycles. The van der Waals surface area contributed by atoms with Crippen LogP contribution in [0.25, 0.3) is 22.1 Å². The Kier molecular flexibility index (Phi) is 6.39. The third-order valence-electron chi connectivity index (χ3n) is 6.76. The predicted octanol–water partition coefficient (Wildman–Crippen LogP) is 2.88. The molecule has 0 saturated carbocycles. The molecule has 0 aliphatic carbocycles. The summed E-state index contributed by atoms with van der Waals surface area (Å²) in [5, 5.41) is 4.20. The van der Waals surface area contributed by atoms with Crippen LogP contribution in [-0.2, 0) is 17.8 Å². The first-order valence-electron chi connectivity index (χ1n) is 12.1. The van der Waals surface area contributed by atoms with Crippen molar-refractivity contribution in [3.8, 4) is 5.75 Å². The predicted molar refractivity (Wildman–Crippen MR) is 136 cm³/mol. The van der Waals surface area contributed by atoms with Crippen molar-refractivity contribution in [2.75, 3.05) is 31.6 Å². The number of hydrogen-bond acceptors (Lipinski definition) is 6. The second kappa shape index (κ2) is 9.77. The van der Waals surface area contributed by atoms with E-state index in [1.54, 1.807) is 17.9 Å². The smallest absolute Gasteiger partial charge is 0.295 e. The third-order valence-corrected chi connectivity index (χ3v) is 6.76. The first-order chi connectivity index (χ1) is 17.1. The number of aryl methyl sites for hydroxylation is 1. The molecule has 2 N–H and O–H groups in total. The molecule has 1 saturated heterocycles. The lowest BCUT2D eigenvalue weighted by Crippen LogP contribution is -2.46. The summed E-state index contributed by atoms with van der Waals surface area (Å²) in [5.74, 6) is 1.04. The van der Waals surface area contributed by atoms with Crippen molar-refractivity contribution in [2.45, 2.75) is 32.7 Å². The van der Waals surface area contributed by atoms with Gasteiger partial charge in [-0.15, -0.1) is 0 Å². The molecule has 1 aliphatic rings. The number of anilines is 1. The number of benzene rings is 1.